The smallest absolute Gasteiger partial charge is 0.244 e. The van der Waals surface area contributed by atoms with E-state index in [4.69, 9.17) is 14.2 Å². The molecule has 6 nitrogen and oxygen atoms in total. The Hall–Kier alpha value is -1.90. The minimum atomic E-state index is -3.65. The van der Waals surface area contributed by atoms with Crippen LogP contribution in [-0.4, -0.2) is 45.8 Å². The number of sulfonamides is 1. The summed E-state index contributed by atoms with van der Waals surface area (Å²) in [4.78, 5) is 0.250. The first-order chi connectivity index (χ1) is 13.0. The average molecular weight is 410 g/mol. The Labute approximate surface area is 164 Å². The van der Waals surface area contributed by atoms with Crippen molar-refractivity contribution in [1.82, 2.24) is 4.31 Å². The van der Waals surface area contributed by atoms with Crippen LogP contribution in [0.3, 0.4) is 0 Å². The van der Waals surface area contributed by atoms with Crippen LogP contribution in [0.5, 0.6) is 17.2 Å². The average Bonchev–Trinajstić information content (AvgIpc) is 3.19. The molecule has 146 valence electrons. The first-order valence-electron chi connectivity index (χ1n) is 8.59. The van der Waals surface area contributed by atoms with Crippen molar-refractivity contribution < 1.29 is 22.6 Å². The summed E-state index contributed by atoms with van der Waals surface area (Å²) in [5.41, 5.74) is 0.786. The summed E-state index contributed by atoms with van der Waals surface area (Å²) in [7, 11) is -0.487. The molecular weight excluding hydrogens is 386 g/mol. The highest BCUT2D eigenvalue weighted by Gasteiger charge is 2.38. The second kappa shape index (κ2) is 8.41. The lowest BCUT2D eigenvalue weighted by molar-refractivity contribution is 0.340. The fraction of sp³-hybridized carbons (Fsp3) is 0.368. The van der Waals surface area contributed by atoms with Crippen LogP contribution in [0.15, 0.2) is 47.4 Å². The summed E-state index contributed by atoms with van der Waals surface area (Å²) >= 11 is 1.57. The molecule has 1 aliphatic rings. The SMILES string of the molecule is CCOc1ccc(S(=O)(=O)N2CCSC2c2cc(OC)ccc2OC)cc1. The molecule has 0 amide bonds. The van der Waals surface area contributed by atoms with Gasteiger partial charge >= 0.3 is 0 Å². The molecule has 0 saturated carbocycles. The van der Waals surface area contributed by atoms with Crippen LogP contribution in [0, 0.1) is 0 Å². The van der Waals surface area contributed by atoms with Crippen LogP contribution in [-0.2, 0) is 10.0 Å². The lowest BCUT2D eigenvalue weighted by Crippen LogP contribution is -2.30. The van der Waals surface area contributed by atoms with Gasteiger partial charge in [0, 0.05) is 17.9 Å². The fourth-order valence-electron chi connectivity index (χ4n) is 2.99. The van der Waals surface area contributed by atoms with Gasteiger partial charge in [0.05, 0.1) is 31.1 Å². The number of nitrogens with zero attached hydrogens (tertiary/aromatic N) is 1. The van der Waals surface area contributed by atoms with Gasteiger partial charge < -0.3 is 14.2 Å². The molecule has 2 aromatic rings. The minimum Gasteiger partial charge on any atom is -0.497 e. The number of benzene rings is 2. The molecule has 27 heavy (non-hydrogen) atoms. The standard InChI is InChI=1S/C19H23NO5S2/c1-4-25-14-5-8-16(9-6-14)27(21,22)20-11-12-26-19(20)17-13-15(23-2)7-10-18(17)24-3/h5-10,13,19H,4,11-12H2,1-3H3. The number of hydrogen-bond donors (Lipinski definition) is 0. The molecule has 1 fully saturated rings. The molecule has 0 bridgehead atoms. The number of methoxy groups -OCH3 is 2. The topological polar surface area (TPSA) is 65.1 Å². The van der Waals surface area contributed by atoms with Crippen LogP contribution in [0.25, 0.3) is 0 Å². The van der Waals surface area contributed by atoms with Crippen molar-refractivity contribution >= 4 is 21.8 Å². The van der Waals surface area contributed by atoms with Crippen LogP contribution in [0.4, 0.5) is 0 Å². The third kappa shape index (κ3) is 4.02. The zero-order chi connectivity index (χ0) is 19.4. The molecule has 1 saturated heterocycles. The second-order valence-electron chi connectivity index (χ2n) is 5.85. The van der Waals surface area contributed by atoms with E-state index in [1.807, 2.05) is 13.0 Å². The first kappa shape index (κ1) is 19.9. The first-order valence-corrected chi connectivity index (χ1v) is 11.1. The van der Waals surface area contributed by atoms with Gasteiger partial charge in [-0.1, -0.05) is 0 Å². The Morgan fingerprint density at radius 2 is 1.78 bits per heavy atom. The van der Waals surface area contributed by atoms with Gasteiger partial charge in [-0.05, 0) is 49.4 Å². The molecule has 1 unspecified atom stereocenters. The van der Waals surface area contributed by atoms with Crippen molar-refractivity contribution in [3.05, 3.63) is 48.0 Å². The van der Waals surface area contributed by atoms with Crippen molar-refractivity contribution in [2.75, 3.05) is 33.1 Å². The molecular formula is C19H23NO5S2. The van der Waals surface area contributed by atoms with Crippen LogP contribution in [0.2, 0.25) is 0 Å². The van der Waals surface area contributed by atoms with Gasteiger partial charge in [-0.3, -0.25) is 0 Å². The molecule has 0 aliphatic carbocycles. The van der Waals surface area contributed by atoms with Gasteiger partial charge in [0.1, 0.15) is 17.2 Å². The maximum Gasteiger partial charge on any atom is 0.244 e. The number of hydrogen-bond acceptors (Lipinski definition) is 6. The highest BCUT2D eigenvalue weighted by atomic mass is 32.2. The molecule has 0 aromatic heterocycles. The van der Waals surface area contributed by atoms with E-state index in [0.29, 0.717) is 36.2 Å². The molecule has 2 aromatic carbocycles. The van der Waals surface area contributed by atoms with E-state index in [1.54, 1.807) is 62.4 Å². The largest absolute Gasteiger partial charge is 0.497 e. The van der Waals surface area contributed by atoms with Gasteiger partial charge in [-0.15, -0.1) is 11.8 Å². The molecule has 0 radical (unpaired) electrons. The summed E-state index contributed by atoms with van der Waals surface area (Å²) in [5, 5.41) is -0.369. The summed E-state index contributed by atoms with van der Waals surface area (Å²) in [5.74, 6) is 2.67. The maximum absolute atomic E-state index is 13.2. The van der Waals surface area contributed by atoms with E-state index in [2.05, 4.69) is 0 Å². The van der Waals surface area contributed by atoms with Crippen LogP contribution >= 0.6 is 11.8 Å². The number of rotatable bonds is 7. The molecule has 1 atom stereocenters. The van der Waals surface area contributed by atoms with Crippen molar-refractivity contribution in [3.63, 3.8) is 0 Å². The van der Waals surface area contributed by atoms with E-state index >= 15 is 0 Å². The molecule has 8 heteroatoms. The van der Waals surface area contributed by atoms with Crippen molar-refractivity contribution in [1.29, 1.82) is 0 Å². The van der Waals surface area contributed by atoms with Crippen molar-refractivity contribution in [3.8, 4) is 17.2 Å². The Bertz CT molecular complexity index is 883. The molecule has 0 N–H and O–H groups in total. The Balaban J connectivity index is 1.96. The molecule has 0 spiro atoms. The van der Waals surface area contributed by atoms with Crippen molar-refractivity contribution in [2.24, 2.45) is 0 Å². The normalized spacial score (nSPS) is 17.7. The van der Waals surface area contributed by atoms with E-state index in [1.165, 1.54) is 4.31 Å². The Kier molecular flexibility index (Phi) is 6.18. The summed E-state index contributed by atoms with van der Waals surface area (Å²) in [6.45, 7) is 2.86. The van der Waals surface area contributed by atoms with Gasteiger partial charge in [-0.2, -0.15) is 4.31 Å². The number of thioether (sulfide) groups is 1. The quantitative estimate of drug-likeness (QED) is 0.697. The zero-order valence-electron chi connectivity index (χ0n) is 15.5. The summed E-state index contributed by atoms with van der Waals surface area (Å²) in [6, 6.07) is 12.0. The predicted molar refractivity (Wildman–Crippen MR) is 106 cm³/mol. The van der Waals surface area contributed by atoms with E-state index in [9.17, 15) is 8.42 Å². The second-order valence-corrected chi connectivity index (χ2v) is 8.93. The minimum absolute atomic E-state index is 0.250. The lowest BCUT2D eigenvalue weighted by Gasteiger charge is -2.25. The van der Waals surface area contributed by atoms with E-state index < -0.39 is 10.0 Å². The summed E-state index contributed by atoms with van der Waals surface area (Å²) in [6.07, 6.45) is 0. The highest BCUT2D eigenvalue weighted by Crippen LogP contribution is 2.45. The van der Waals surface area contributed by atoms with Gasteiger partial charge in [0.2, 0.25) is 10.0 Å². The van der Waals surface area contributed by atoms with Crippen molar-refractivity contribution in [2.45, 2.75) is 17.2 Å². The number of ether oxygens (including phenoxy) is 3. The Morgan fingerprint density at radius 1 is 1.07 bits per heavy atom. The lowest BCUT2D eigenvalue weighted by atomic mass is 10.2. The monoisotopic (exact) mass is 409 g/mol. The third-order valence-electron chi connectivity index (χ3n) is 4.29. The fourth-order valence-corrected chi connectivity index (χ4v) is 6.24. The van der Waals surface area contributed by atoms with Gasteiger partial charge in [0.25, 0.3) is 0 Å². The van der Waals surface area contributed by atoms with Crippen LogP contribution in [0.1, 0.15) is 17.9 Å². The van der Waals surface area contributed by atoms with E-state index in [-0.39, 0.29) is 10.3 Å². The zero-order valence-corrected chi connectivity index (χ0v) is 17.2. The highest BCUT2D eigenvalue weighted by molar-refractivity contribution is 8.01. The third-order valence-corrected chi connectivity index (χ3v) is 7.55. The Morgan fingerprint density at radius 3 is 2.41 bits per heavy atom. The molecule has 1 aliphatic heterocycles. The molecule has 3 rings (SSSR count). The van der Waals surface area contributed by atoms with Gasteiger partial charge in [0.15, 0.2) is 0 Å². The maximum atomic E-state index is 13.2. The summed E-state index contributed by atoms with van der Waals surface area (Å²) < 4.78 is 44.2. The van der Waals surface area contributed by atoms with Gasteiger partial charge in [-0.25, -0.2) is 8.42 Å². The van der Waals surface area contributed by atoms with Crippen LogP contribution < -0.4 is 14.2 Å². The van der Waals surface area contributed by atoms with E-state index in [0.717, 1.165) is 5.56 Å². The molecule has 1 heterocycles. The predicted octanol–water partition coefficient (Wildman–Crippen LogP) is 3.54.